The van der Waals surface area contributed by atoms with E-state index in [0.29, 0.717) is 0 Å². The monoisotopic (exact) mass is 591 g/mol. The number of thiophene rings is 1. The van der Waals surface area contributed by atoms with Crippen LogP contribution >= 0.6 is 11.3 Å². The molecule has 0 aliphatic rings. The van der Waals surface area contributed by atoms with Crippen LogP contribution in [0.5, 0.6) is 0 Å². The summed E-state index contributed by atoms with van der Waals surface area (Å²) in [5, 5.41) is 7.63. The second-order valence-corrected chi connectivity index (χ2v) is 12.8. The number of para-hydroxylation sites is 2. The van der Waals surface area contributed by atoms with Crippen LogP contribution in [0.1, 0.15) is 0 Å². The first-order valence-electron chi connectivity index (χ1n) is 15.3. The smallest absolute Gasteiger partial charge is 0.135 e. The van der Waals surface area contributed by atoms with Gasteiger partial charge < -0.3 is 8.98 Å². The molecule has 3 heterocycles. The van der Waals surface area contributed by atoms with Crippen LogP contribution in [-0.2, 0) is 0 Å². The fourth-order valence-corrected chi connectivity index (χ4v) is 8.23. The standard InChI is InChI=1S/C42H25NOS/c1-4-10-35-32(8-1)41-36(22-24-40-42(41)33-9-3-6-12-39(33)45-40)43(35)30-20-17-27(18-21-30)26-13-15-28(16-14-26)29-19-23-38-34(25-29)31-7-2-5-11-37(31)44-38/h1-25H. The van der Waals surface area contributed by atoms with E-state index in [9.17, 15) is 0 Å². The topological polar surface area (TPSA) is 18.1 Å². The third kappa shape index (κ3) is 3.68. The Labute approximate surface area is 263 Å². The molecule has 0 amide bonds. The zero-order valence-electron chi connectivity index (χ0n) is 24.2. The Bertz CT molecular complexity index is 2740. The van der Waals surface area contributed by atoms with E-state index in [-0.39, 0.29) is 0 Å². The van der Waals surface area contributed by atoms with Gasteiger partial charge >= 0.3 is 0 Å². The van der Waals surface area contributed by atoms with E-state index in [1.54, 1.807) is 0 Å². The molecule has 0 spiro atoms. The number of benzene rings is 7. The lowest BCUT2D eigenvalue weighted by molar-refractivity contribution is 0.669. The Balaban J connectivity index is 1.05. The van der Waals surface area contributed by atoms with Gasteiger partial charge in [-0.2, -0.15) is 0 Å². The van der Waals surface area contributed by atoms with E-state index in [0.717, 1.165) is 21.9 Å². The summed E-state index contributed by atoms with van der Waals surface area (Å²) in [4.78, 5) is 0. The molecular formula is C42H25NOS. The number of fused-ring (bicyclic) bond motifs is 10. The Morgan fingerprint density at radius 1 is 0.400 bits per heavy atom. The molecule has 45 heavy (non-hydrogen) atoms. The third-order valence-corrected chi connectivity index (χ3v) is 10.4. The fourth-order valence-electron chi connectivity index (χ4n) is 7.12. The predicted molar refractivity (Wildman–Crippen MR) is 192 cm³/mol. The van der Waals surface area contributed by atoms with Crippen molar-refractivity contribution < 1.29 is 4.42 Å². The lowest BCUT2D eigenvalue weighted by Gasteiger charge is -2.10. The maximum atomic E-state index is 6.03. The Morgan fingerprint density at radius 2 is 1.02 bits per heavy atom. The van der Waals surface area contributed by atoms with Crippen LogP contribution < -0.4 is 0 Å². The maximum Gasteiger partial charge on any atom is 0.135 e. The summed E-state index contributed by atoms with van der Waals surface area (Å²) < 4.78 is 11.1. The van der Waals surface area contributed by atoms with Gasteiger partial charge in [0.05, 0.1) is 11.0 Å². The van der Waals surface area contributed by atoms with Crippen molar-refractivity contribution in [1.29, 1.82) is 0 Å². The highest BCUT2D eigenvalue weighted by Gasteiger charge is 2.17. The highest BCUT2D eigenvalue weighted by atomic mass is 32.1. The van der Waals surface area contributed by atoms with Crippen LogP contribution in [0, 0.1) is 0 Å². The van der Waals surface area contributed by atoms with Gasteiger partial charge in [0.1, 0.15) is 11.2 Å². The number of furan rings is 1. The molecule has 0 saturated heterocycles. The lowest BCUT2D eigenvalue weighted by atomic mass is 9.99. The van der Waals surface area contributed by atoms with Gasteiger partial charge in [-0.05, 0) is 76.9 Å². The number of hydrogen-bond donors (Lipinski definition) is 0. The first-order valence-corrected chi connectivity index (χ1v) is 16.1. The van der Waals surface area contributed by atoms with Crippen molar-refractivity contribution in [2.24, 2.45) is 0 Å². The van der Waals surface area contributed by atoms with Crippen molar-refractivity contribution in [2.75, 3.05) is 0 Å². The zero-order valence-corrected chi connectivity index (χ0v) is 25.0. The SMILES string of the molecule is c1ccc2c(c1)oc1ccc(-c3ccc(-c4ccc(-n5c6ccccc6c6c7c(ccc65)sc5ccccc57)cc4)cc3)cc12. The molecule has 3 heteroatoms. The van der Waals surface area contributed by atoms with E-state index >= 15 is 0 Å². The van der Waals surface area contributed by atoms with E-state index in [4.69, 9.17) is 4.42 Å². The minimum atomic E-state index is 0.924. The molecule has 2 nitrogen and oxygen atoms in total. The lowest BCUT2D eigenvalue weighted by Crippen LogP contribution is -1.93. The second-order valence-electron chi connectivity index (χ2n) is 11.7. The van der Waals surface area contributed by atoms with Crippen LogP contribution in [0.15, 0.2) is 156 Å². The van der Waals surface area contributed by atoms with Gasteiger partial charge in [-0.3, -0.25) is 0 Å². The minimum Gasteiger partial charge on any atom is -0.456 e. The van der Waals surface area contributed by atoms with Crippen molar-refractivity contribution >= 4 is 75.3 Å². The molecule has 10 rings (SSSR count). The van der Waals surface area contributed by atoms with E-state index in [1.807, 2.05) is 23.5 Å². The van der Waals surface area contributed by atoms with Gasteiger partial charge in [0.2, 0.25) is 0 Å². The highest BCUT2D eigenvalue weighted by molar-refractivity contribution is 7.26. The minimum absolute atomic E-state index is 0.924. The van der Waals surface area contributed by atoms with Crippen LogP contribution in [0.3, 0.4) is 0 Å². The predicted octanol–water partition coefficient (Wildman–Crippen LogP) is 12.4. The van der Waals surface area contributed by atoms with Gasteiger partial charge in [0, 0.05) is 47.4 Å². The number of hydrogen-bond acceptors (Lipinski definition) is 2. The molecule has 7 aromatic carbocycles. The number of rotatable bonds is 3. The van der Waals surface area contributed by atoms with Gasteiger partial charge in [0.15, 0.2) is 0 Å². The molecule has 0 saturated carbocycles. The molecule has 0 atom stereocenters. The molecule has 0 bridgehead atoms. The molecular weight excluding hydrogens is 567 g/mol. The molecule has 0 N–H and O–H groups in total. The van der Waals surface area contributed by atoms with Crippen molar-refractivity contribution in [3.63, 3.8) is 0 Å². The summed E-state index contributed by atoms with van der Waals surface area (Å²) in [7, 11) is 0. The van der Waals surface area contributed by atoms with Crippen LogP contribution in [0.4, 0.5) is 0 Å². The summed E-state index contributed by atoms with van der Waals surface area (Å²) in [6, 6.07) is 54.7. The van der Waals surface area contributed by atoms with E-state index in [1.165, 1.54) is 69.9 Å². The van der Waals surface area contributed by atoms with Crippen molar-refractivity contribution in [2.45, 2.75) is 0 Å². The first kappa shape index (κ1) is 24.8. The zero-order chi connectivity index (χ0) is 29.5. The summed E-state index contributed by atoms with van der Waals surface area (Å²) in [6.07, 6.45) is 0. The van der Waals surface area contributed by atoms with Crippen molar-refractivity contribution in [1.82, 2.24) is 4.57 Å². The van der Waals surface area contributed by atoms with Gasteiger partial charge in [-0.25, -0.2) is 0 Å². The molecule has 0 fully saturated rings. The average molecular weight is 592 g/mol. The Hall–Kier alpha value is -5.64. The molecule has 0 unspecified atom stereocenters. The molecule has 210 valence electrons. The van der Waals surface area contributed by atoms with Crippen molar-refractivity contribution in [3.05, 3.63) is 152 Å². The summed E-state index contributed by atoms with van der Waals surface area (Å²) >= 11 is 1.88. The van der Waals surface area contributed by atoms with Crippen molar-refractivity contribution in [3.8, 4) is 27.9 Å². The number of nitrogens with zero attached hydrogens (tertiary/aromatic N) is 1. The normalized spacial score (nSPS) is 12.0. The van der Waals surface area contributed by atoms with E-state index in [2.05, 4.69) is 144 Å². The maximum absolute atomic E-state index is 6.03. The third-order valence-electron chi connectivity index (χ3n) is 9.23. The van der Waals surface area contributed by atoms with Crippen LogP contribution in [-0.4, -0.2) is 4.57 Å². The van der Waals surface area contributed by atoms with Gasteiger partial charge in [-0.15, -0.1) is 11.3 Å². The molecule has 0 radical (unpaired) electrons. The molecule has 10 aromatic rings. The largest absolute Gasteiger partial charge is 0.456 e. The summed E-state index contributed by atoms with van der Waals surface area (Å²) in [6.45, 7) is 0. The highest BCUT2D eigenvalue weighted by Crippen LogP contribution is 2.43. The molecule has 3 aromatic heterocycles. The first-order chi connectivity index (χ1) is 22.3. The Kier molecular flexibility index (Phi) is 5.19. The van der Waals surface area contributed by atoms with Gasteiger partial charge in [0.25, 0.3) is 0 Å². The number of aromatic nitrogens is 1. The quantitative estimate of drug-likeness (QED) is 0.200. The van der Waals surface area contributed by atoms with Crippen LogP contribution in [0.25, 0.3) is 91.9 Å². The molecule has 0 aliphatic heterocycles. The van der Waals surface area contributed by atoms with Gasteiger partial charge in [-0.1, -0.05) is 97.1 Å². The summed E-state index contributed by atoms with van der Waals surface area (Å²) in [5.41, 5.74) is 10.3. The second kappa shape index (κ2) is 9.43. The van der Waals surface area contributed by atoms with Crippen LogP contribution in [0.2, 0.25) is 0 Å². The average Bonchev–Trinajstić information content (AvgIpc) is 3.77. The fraction of sp³-hybridized carbons (Fsp3) is 0. The van der Waals surface area contributed by atoms with E-state index < -0.39 is 0 Å². The summed E-state index contributed by atoms with van der Waals surface area (Å²) in [5.74, 6) is 0. The Morgan fingerprint density at radius 3 is 1.84 bits per heavy atom. The molecule has 0 aliphatic carbocycles.